The number of carbonyl (C=O) groups is 1. The summed E-state index contributed by atoms with van der Waals surface area (Å²) in [4.78, 5) is 11.6. The van der Waals surface area contributed by atoms with Crippen LogP contribution in [0.3, 0.4) is 0 Å². The van der Waals surface area contributed by atoms with Crippen molar-refractivity contribution in [3.63, 3.8) is 0 Å². The van der Waals surface area contributed by atoms with Gasteiger partial charge in [0.2, 0.25) is 0 Å². The van der Waals surface area contributed by atoms with E-state index in [0.717, 1.165) is 16.0 Å². The monoisotopic (exact) mass is 230 g/mol. The Morgan fingerprint density at radius 2 is 1.62 bits per heavy atom. The maximum atomic E-state index is 10.7. The van der Waals surface area contributed by atoms with Crippen LogP contribution >= 0.6 is 12.6 Å². The van der Waals surface area contributed by atoms with Crippen molar-refractivity contribution in [3.8, 4) is 11.1 Å². The third kappa shape index (κ3) is 2.09. The molecule has 0 amide bonds. The second-order valence-corrected chi connectivity index (χ2v) is 3.88. The predicted molar refractivity (Wildman–Crippen MR) is 66.1 cm³/mol. The van der Waals surface area contributed by atoms with E-state index in [2.05, 4.69) is 12.6 Å². The number of hydrogen-bond donors (Lipinski definition) is 2. The van der Waals surface area contributed by atoms with Crippen molar-refractivity contribution in [1.82, 2.24) is 0 Å². The quantitative estimate of drug-likeness (QED) is 0.776. The Morgan fingerprint density at radius 3 is 2.19 bits per heavy atom. The van der Waals surface area contributed by atoms with Crippen LogP contribution in [-0.2, 0) is 0 Å². The Kier molecular flexibility index (Phi) is 2.97. The summed E-state index contributed by atoms with van der Waals surface area (Å²) >= 11 is 4.36. The lowest BCUT2D eigenvalue weighted by molar-refractivity contribution is 0.0697. The lowest BCUT2D eigenvalue weighted by Gasteiger charge is -2.05. The highest BCUT2D eigenvalue weighted by Gasteiger charge is 2.04. The summed E-state index contributed by atoms with van der Waals surface area (Å²) in [7, 11) is 0. The molecule has 80 valence electrons. The number of benzene rings is 2. The van der Waals surface area contributed by atoms with Crippen molar-refractivity contribution >= 4 is 18.6 Å². The molecule has 0 saturated carbocycles. The summed E-state index contributed by atoms with van der Waals surface area (Å²) in [5, 5.41) is 8.79. The van der Waals surface area contributed by atoms with Gasteiger partial charge in [0.1, 0.15) is 0 Å². The van der Waals surface area contributed by atoms with Crippen molar-refractivity contribution in [1.29, 1.82) is 0 Å². The summed E-state index contributed by atoms with van der Waals surface area (Å²) < 4.78 is 0. The van der Waals surface area contributed by atoms with E-state index in [-0.39, 0.29) is 0 Å². The van der Waals surface area contributed by atoms with E-state index < -0.39 is 5.97 Å². The van der Waals surface area contributed by atoms with Gasteiger partial charge in [0.25, 0.3) is 0 Å². The second kappa shape index (κ2) is 4.41. The van der Waals surface area contributed by atoms with Gasteiger partial charge in [-0.05, 0) is 29.3 Å². The SMILES string of the molecule is O=C(O)c1ccc(-c2ccccc2S)cc1. The van der Waals surface area contributed by atoms with E-state index in [0.29, 0.717) is 5.56 Å². The molecule has 2 nitrogen and oxygen atoms in total. The molecule has 3 heteroatoms. The molecule has 0 bridgehead atoms. The van der Waals surface area contributed by atoms with Gasteiger partial charge >= 0.3 is 5.97 Å². The summed E-state index contributed by atoms with van der Waals surface area (Å²) in [6.07, 6.45) is 0. The topological polar surface area (TPSA) is 37.3 Å². The van der Waals surface area contributed by atoms with E-state index in [9.17, 15) is 4.79 Å². The number of carboxylic acids is 1. The van der Waals surface area contributed by atoms with Crippen LogP contribution in [0.2, 0.25) is 0 Å². The number of thiol groups is 1. The lowest BCUT2D eigenvalue weighted by atomic mass is 10.0. The van der Waals surface area contributed by atoms with Gasteiger partial charge in [0.05, 0.1) is 5.56 Å². The maximum Gasteiger partial charge on any atom is 0.335 e. The number of rotatable bonds is 2. The molecule has 16 heavy (non-hydrogen) atoms. The highest BCUT2D eigenvalue weighted by Crippen LogP contribution is 2.26. The fraction of sp³-hybridized carbons (Fsp3) is 0. The average Bonchev–Trinajstić information content (AvgIpc) is 2.30. The van der Waals surface area contributed by atoms with Crippen molar-refractivity contribution < 1.29 is 9.90 Å². The minimum Gasteiger partial charge on any atom is -0.478 e. The van der Waals surface area contributed by atoms with Gasteiger partial charge < -0.3 is 5.11 Å². The Labute approximate surface area is 99.0 Å². The smallest absolute Gasteiger partial charge is 0.335 e. The summed E-state index contributed by atoms with van der Waals surface area (Å²) in [6.45, 7) is 0. The average molecular weight is 230 g/mol. The molecule has 0 aliphatic heterocycles. The Hall–Kier alpha value is -1.74. The molecule has 0 atom stereocenters. The molecule has 2 aromatic carbocycles. The summed E-state index contributed by atoms with van der Waals surface area (Å²) in [5.74, 6) is -0.911. The fourth-order valence-electron chi connectivity index (χ4n) is 1.51. The molecule has 0 saturated heterocycles. The van der Waals surface area contributed by atoms with Crippen LogP contribution in [0.15, 0.2) is 53.4 Å². The normalized spacial score (nSPS) is 10.1. The summed E-state index contributed by atoms with van der Waals surface area (Å²) in [6, 6.07) is 14.5. The molecule has 0 fully saturated rings. The summed E-state index contributed by atoms with van der Waals surface area (Å²) in [5.41, 5.74) is 2.26. The van der Waals surface area contributed by atoms with Crippen LogP contribution in [0.4, 0.5) is 0 Å². The molecule has 0 heterocycles. The van der Waals surface area contributed by atoms with Crippen molar-refractivity contribution in [3.05, 3.63) is 54.1 Å². The third-order valence-electron chi connectivity index (χ3n) is 2.35. The first-order valence-electron chi connectivity index (χ1n) is 4.80. The Balaban J connectivity index is 2.43. The molecule has 2 rings (SSSR count). The molecular formula is C13H10O2S. The van der Waals surface area contributed by atoms with E-state index in [1.54, 1.807) is 24.3 Å². The zero-order valence-electron chi connectivity index (χ0n) is 8.42. The van der Waals surface area contributed by atoms with E-state index in [1.165, 1.54) is 0 Å². The van der Waals surface area contributed by atoms with Gasteiger partial charge in [-0.3, -0.25) is 0 Å². The first-order chi connectivity index (χ1) is 7.68. The predicted octanol–water partition coefficient (Wildman–Crippen LogP) is 3.34. The van der Waals surface area contributed by atoms with Crippen molar-refractivity contribution in [2.75, 3.05) is 0 Å². The van der Waals surface area contributed by atoms with Crippen LogP contribution in [0.5, 0.6) is 0 Å². The fourth-order valence-corrected chi connectivity index (χ4v) is 1.80. The van der Waals surface area contributed by atoms with Gasteiger partial charge in [-0.1, -0.05) is 30.3 Å². The molecule has 0 aliphatic carbocycles. The minimum absolute atomic E-state index is 0.292. The van der Waals surface area contributed by atoms with Crippen LogP contribution in [0.25, 0.3) is 11.1 Å². The van der Waals surface area contributed by atoms with Crippen LogP contribution in [-0.4, -0.2) is 11.1 Å². The van der Waals surface area contributed by atoms with Gasteiger partial charge in [0, 0.05) is 4.90 Å². The number of aromatic carboxylic acids is 1. The van der Waals surface area contributed by atoms with Gasteiger partial charge in [-0.25, -0.2) is 4.79 Å². The zero-order chi connectivity index (χ0) is 11.5. The van der Waals surface area contributed by atoms with Crippen molar-refractivity contribution in [2.45, 2.75) is 4.90 Å². The van der Waals surface area contributed by atoms with Gasteiger partial charge in [-0.15, -0.1) is 12.6 Å². The number of carboxylic acid groups (broad SMARTS) is 1. The van der Waals surface area contributed by atoms with Gasteiger partial charge in [-0.2, -0.15) is 0 Å². The largest absolute Gasteiger partial charge is 0.478 e. The van der Waals surface area contributed by atoms with E-state index in [4.69, 9.17) is 5.11 Å². The van der Waals surface area contributed by atoms with E-state index >= 15 is 0 Å². The molecule has 2 aromatic rings. The Bertz CT molecular complexity index is 518. The van der Waals surface area contributed by atoms with E-state index in [1.807, 2.05) is 24.3 Å². The maximum absolute atomic E-state index is 10.7. The van der Waals surface area contributed by atoms with Gasteiger partial charge in [0.15, 0.2) is 0 Å². The zero-order valence-corrected chi connectivity index (χ0v) is 9.32. The first-order valence-corrected chi connectivity index (χ1v) is 5.25. The van der Waals surface area contributed by atoms with Crippen LogP contribution in [0, 0.1) is 0 Å². The molecule has 0 aliphatic rings. The standard InChI is InChI=1S/C13H10O2S/c14-13(15)10-7-5-9(6-8-10)11-3-1-2-4-12(11)16/h1-8,16H,(H,14,15). The molecular weight excluding hydrogens is 220 g/mol. The first kappa shape index (κ1) is 10.8. The lowest BCUT2D eigenvalue weighted by Crippen LogP contribution is -1.95. The van der Waals surface area contributed by atoms with Crippen molar-refractivity contribution in [2.24, 2.45) is 0 Å². The number of hydrogen-bond acceptors (Lipinski definition) is 2. The minimum atomic E-state index is -0.911. The third-order valence-corrected chi connectivity index (χ3v) is 2.74. The highest BCUT2D eigenvalue weighted by atomic mass is 32.1. The molecule has 1 N–H and O–H groups in total. The molecule has 0 radical (unpaired) electrons. The molecule has 0 unspecified atom stereocenters. The van der Waals surface area contributed by atoms with Crippen LogP contribution < -0.4 is 0 Å². The van der Waals surface area contributed by atoms with Crippen LogP contribution in [0.1, 0.15) is 10.4 Å². The molecule has 0 spiro atoms. The highest BCUT2D eigenvalue weighted by molar-refractivity contribution is 7.80. The molecule has 0 aromatic heterocycles. The second-order valence-electron chi connectivity index (χ2n) is 3.40. The Morgan fingerprint density at radius 1 is 1.00 bits per heavy atom.